The number of anilines is 1. The fourth-order valence-corrected chi connectivity index (χ4v) is 3.82. The van der Waals surface area contributed by atoms with E-state index in [-0.39, 0.29) is 10.9 Å². The number of hydrogen-bond donors (Lipinski definition) is 0. The van der Waals surface area contributed by atoms with Crippen LogP contribution in [0.3, 0.4) is 0 Å². The van der Waals surface area contributed by atoms with Crippen molar-refractivity contribution >= 4 is 57.6 Å². The summed E-state index contributed by atoms with van der Waals surface area (Å²) in [5, 5.41) is -0.0526. The lowest BCUT2D eigenvalue weighted by Crippen LogP contribution is -2.27. The van der Waals surface area contributed by atoms with E-state index in [9.17, 15) is 9.18 Å². The number of carbonyl (C=O) groups is 1. The highest BCUT2D eigenvalue weighted by atomic mass is 35.5. The molecule has 0 aliphatic carbocycles. The first kappa shape index (κ1) is 18.9. The zero-order valence-electron chi connectivity index (χ0n) is 13.9. The Kier molecular flexibility index (Phi) is 5.96. The molecule has 0 N–H and O–H groups in total. The van der Waals surface area contributed by atoms with E-state index >= 15 is 0 Å². The largest absolute Gasteiger partial charge is 0.494 e. The summed E-state index contributed by atoms with van der Waals surface area (Å²) in [6.07, 6.45) is 2.71. The highest BCUT2D eigenvalue weighted by Crippen LogP contribution is 2.37. The first-order chi connectivity index (χ1) is 12.5. The minimum Gasteiger partial charge on any atom is -0.494 e. The molecule has 1 heterocycles. The predicted molar refractivity (Wildman–Crippen MR) is 109 cm³/mol. The molecule has 0 unspecified atom stereocenters. The smallest absolute Gasteiger partial charge is 0.270 e. The number of benzene rings is 2. The maximum Gasteiger partial charge on any atom is 0.270 e. The van der Waals surface area contributed by atoms with Crippen LogP contribution in [0.2, 0.25) is 5.02 Å². The van der Waals surface area contributed by atoms with Crippen LogP contribution in [0.25, 0.3) is 6.08 Å². The van der Waals surface area contributed by atoms with Crippen molar-refractivity contribution in [2.45, 2.75) is 13.3 Å². The van der Waals surface area contributed by atoms with Crippen LogP contribution < -0.4 is 9.64 Å². The van der Waals surface area contributed by atoms with Crippen LogP contribution >= 0.6 is 35.6 Å². The summed E-state index contributed by atoms with van der Waals surface area (Å²) < 4.78 is 19.3. The highest BCUT2D eigenvalue weighted by Gasteiger charge is 2.33. The van der Waals surface area contributed by atoms with Gasteiger partial charge >= 0.3 is 0 Å². The van der Waals surface area contributed by atoms with E-state index in [1.165, 1.54) is 34.9 Å². The van der Waals surface area contributed by atoms with E-state index in [2.05, 4.69) is 0 Å². The van der Waals surface area contributed by atoms with Gasteiger partial charge in [-0.1, -0.05) is 54.6 Å². The fourth-order valence-electron chi connectivity index (χ4n) is 2.35. The maximum absolute atomic E-state index is 13.4. The first-order valence-corrected chi connectivity index (χ1v) is 9.55. The summed E-state index contributed by atoms with van der Waals surface area (Å²) >= 11 is 12.3. The molecule has 0 spiro atoms. The van der Waals surface area contributed by atoms with Crippen molar-refractivity contribution in [1.29, 1.82) is 0 Å². The third kappa shape index (κ3) is 4.09. The zero-order chi connectivity index (χ0) is 18.7. The summed E-state index contributed by atoms with van der Waals surface area (Å²) in [4.78, 5) is 14.6. The van der Waals surface area contributed by atoms with Gasteiger partial charge in [0.25, 0.3) is 5.91 Å². The first-order valence-electron chi connectivity index (χ1n) is 7.95. The average molecular weight is 408 g/mol. The van der Waals surface area contributed by atoms with Gasteiger partial charge < -0.3 is 4.74 Å². The molecule has 0 bridgehead atoms. The Morgan fingerprint density at radius 1 is 1.27 bits per heavy atom. The molecule has 0 saturated carbocycles. The normalized spacial score (nSPS) is 15.8. The van der Waals surface area contributed by atoms with E-state index in [0.717, 1.165) is 17.7 Å². The van der Waals surface area contributed by atoms with Gasteiger partial charge in [0.2, 0.25) is 0 Å². The molecule has 3 rings (SSSR count). The SMILES string of the molecule is CCCOc1ccc(/C=C2\SC(=S)N(c3ccc(F)c(Cl)c3)C2=O)cc1. The molecule has 1 fully saturated rings. The van der Waals surface area contributed by atoms with E-state index < -0.39 is 5.82 Å². The molecular formula is C19H15ClFNO2S2. The molecule has 1 saturated heterocycles. The lowest BCUT2D eigenvalue weighted by molar-refractivity contribution is -0.113. The van der Waals surface area contributed by atoms with Crippen LogP contribution in [0.4, 0.5) is 10.1 Å². The second-order valence-electron chi connectivity index (χ2n) is 5.53. The summed E-state index contributed by atoms with van der Waals surface area (Å²) in [5.74, 6) is -0.00623. The Labute approximate surface area is 165 Å². The molecule has 2 aromatic rings. The average Bonchev–Trinajstić information content (AvgIpc) is 2.90. The van der Waals surface area contributed by atoms with Crippen molar-refractivity contribution < 1.29 is 13.9 Å². The number of halogens is 2. The second kappa shape index (κ2) is 8.20. The molecule has 3 nitrogen and oxygen atoms in total. The number of ether oxygens (including phenoxy) is 1. The molecule has 1 aliphatic rings. The zero-order valence-corrected chi connectivity index (χ0v) is 16.3. The standard InChI is InChI=1S/C19H15ClFNO2S2/c1-2-9-24-14-6-3-12(4-7-14)10-17-18(23)22(19(25)26-17)13-5-8-16(21)15(20)11-13/h3-8,10-11H,2,9H2,1H3/b17-10-. The van der Waals surface area contributed by atoms with E-state index in [1.807, 2.05) is 31.2 Å². The van der Waals surface area contributed by atoms with Gasteiger partial charge in [0, 0.05) is 0 Å². The molecular weight excluding hydrogens is 393 g/mol. The number of carbonyl (C=O) groups excluding carboxylic acids is 1. The van der Waals surface area contributed by atoms with Crippen LogP contribution in [0, 0.1) is 5.82 Å². The predicted octanol–water partition coefficient (Wildman–Crippen LogP) is 5.67. The van der Waals surface area contributed by atoms with Crippen molar-refractivity contribution in [3.63, 3.8) is 0 Å². The lowest BCUT2D eigenvalue weighted by Gasteiger charge is -2.14. The van der Waals surface area contributed by atoms with Gasteiger partial charge in [-0.05, 0) is 48.4 Å². The monoisotopic (exact) mass is 407 g/mol. The molecule has 26 heavy (non-hydrogen) atoms. The summed E-state index contributed by atoms with van der Waals surface area (Å²) in [6.45, 7) is 2.71. The molecule has 134 valence electrons. The Hall–Kier alpha value is -1.89. The van der Waals surface area contributed by atoms with Crippen molar-refractivity contribution in [3.8, 4) is 5.75 Å². The van der Waals surface area contributed by atoms with Gasteiger partial charge in [-0.15, -0.1) is 0 Å². The van der Waals surface area contributed by atoms with Crippen LogP contribution in [-0.2, 0) is 4.79 Å². The summed E-state index contributed by atoms with van der Waals surface area (Å²) in [6, 6.07) is 11.6. The Bertz CT molecular complexity index is 884. The van der Waals surface area contributed by atoms with Gasteiger partial charge in [-0.25, -0.2) is 4.39 Å². The fraction of sp³-hybridized carbons (Fsp3) is 0.158. The quantitative estimate of drug-likeness (QED) is 0.471. The van der Waals surface area contributed by atoms with Gasteiger partial charge in [0.05, 0.1) is 22.2 Å². The second-order valence-corrected chi connectivity index (χ2v) is 7.62. The van der Waals surface area contributed by atoms with E-state index in [0.29, 0.717) is 21.5 Å². The number of rotatable bonds is 5. The topological polar surface area (TPSA) is 29.5 Å². The highest BCUT2D eigenvalue weighted by molar-refractivity contribution is 8.27. The van der Waals surface area contributed by atoms with E-state index in [1.54, 1.807) is 6.08 Å². The Balaban J connectivity index is 1.81. The molecule has 0 radical (unpaired) electrons. The van der Waals surface area contributed by atoms with Gasteiger partial charge in [0.1, 0.15) is 11.6 Å². The summed E-state index contributed by atoms with van der Waals surface area (Å²) in [7, 11) is 0. The van der Waals surface area contributed by atoms with Crippen molar-refractivity contribution in [2.75, 3.05) is 11.5 Å². The molecule has 2 aromatic carbocycles. The minimum atomic E-state index is -0.540. The van der Waals surface area contributed by atoms with Gasteiger partial charge in [0.15, 0.2) is 4.32 Å². The third-order valence-electron chi connectivity index (χ3n) is 3.61. The van der Waals surface area contributed by atoms with E-state index in [4.69, 9.17) is 28.6 Å². The molecule has 0 atom stereocenters. The minimum absolute atomic E-state index is 0.0526. The Morgan fingerprint density at radius 2 is 2.00 bits per heavy atom. The number of hydrogen-bond acceptors (Lipinski definition) is 4. The van der Waals surface area contributed by atoms with Crippen molar-refractivity contribution in [2.24, 2.45) is 0 Å². The molecule has 1 aliphatic heterocycles. The Morgan fingerprint density at radius 3 is 2.65 bits per heavy atom. The van der Waals surface area contributed by atoms with Crippen LogP contribution in [0.15, 0.2) is 47.4 Å². The van der Waals surface area contributed by atoms with Crippen LogP contribution in [-0.4, -0.2) is 16.8 Å². The molecule has 1 amide bonds. The van der Waals surface area contributed by atoms with Crippen molar-refractivity contribution in [1.82, 2.24) is 0 Å². The van der Waals surface area contributed by atoms with Crippen LogP contribution in [0.5, 0.6) is 5.75 Å². The van der Waals surface area contributed by atoms with Crippen molar-refractivity contribution in [3.05, 3.63) is 63.8 Å². The maximum atomic E-state index is 13.4. The number of thiocarbonyl (C=S) groups is 1. The van der Waals surface area contributed by atoms with Crippen LogP contribution in [0.1, 0.15) is 18.9 Å². The van der Waals surface area contributed by atoms with Gasteiger partial charge in [-0.2, -0.15) is 0 Å². The molecule has 7 heteroatoms. The number of amides is 1. The lowest BCUT2D eigenvalue weighted by atomic mass is 10.2. The number of thioether (sulfide) groups is 1. The molecule has 0 aromatic heterocycles. The third-order valence-corrected chi connectivity index (χ3v) is 5.20. The van der Waals surface area contributed by atoms with Gasteiger partial charge in [-0.3, -0.25) is 9.69 Å². The number of nitrogens with zero attached hydrogens (tertiary/aromatic N) is 1. The summed E-state index contributed by atoms with van der Waals surface area (Å²) in [5.41, 5.74) is 1.32.